The van der Waals surface area contributed by atoms with Gasteiger partial charge in [-0.2, -0.15) is 4.21 Å². The molecule has 124 heavy (non-hydrogen) atoms. The number of benzene rings is 6. The molecule has 13 N–H and O–H groups in total. The van der Waals surface area contributed by atoms with E-state index in [1.165, 1.54) is 153 Å². The van der Waals surface area contributed by atoms with Crippen LogP contribution < -0.4 is 46.1 Å². The molecule has 1 amide bonds. The van der Waals surface area contributed by atoms with Gasteiger partial charge in [0, 0.05) is 35.5 Å². The van der Waals surface area contributed by atoms with Crippen LogP contribution in [0, 0.1) is 49.0 Å². The zero-order chi connectivity index (χ0) is 90.8. The summed E-state index contributed by atoms with van der Waals surface area (Å²) in [6.45, 7) is 36.3. The molecule has 1 aliphatic carbocycles. The van der Waals surface area contributed by atoms with Crippen LogP contribution >= 0.6 is 0 Å². The van der Waals surface area contributed by atoms with Gasteiger partial charge in [0.05, 0.1) is 47.3 Å². The number of nitrogens with two attached hydrogens (primary N) is 4. The van der Waals surface area contributed by atoms with Gasteiger partial charge in [-0.1, -0.05) is 271 Å². The predicted octanol–water partition coefficient (Wildman–Crippen LogP) is 21.0. The Bertz CT molecular complexity index is 4850. The van der Waals surface area contributed by atoms with Crippen LogP contribution in [-0.4, -0.2) is 110 Å². The Kier molecular flexibility index (Phi) is 44.2. The topological polar surface area (TPSA) is 387 Å². The number of aliphatic imine (C=N–C) groups is 2. The normalized spacial score (nSPS) is 14.9. The molecule has 2 aromatic heterocycles. The number of nitrogens with one attached hydrogen (secondary N) is 3. The first kappa shape index (κ1) is 103. The summed E-state index contributed by atoms with van der Waals surface area (Å²) >= 11 is -3.66. The molecular weight excluding hydrogens is 1630 g/mol. The van der Waals surface area contributed by atoms with E-state index in [1.807, 2.05) is 68.4 Å². The number of aromatic amines is 1. The molecule has 680 valence electrons. The first-order valence-electron chi connectivity index (χ1n) is 44.4. The highest BCUT2D eigenvalue weighted by molar-refractivity contribution is 7.92. The van der Waals surface area contributed by atoms with Crippen LogP contribution in [0.4, 0.5) is 11.4 Å². The van der Waals surface area contributed by atoms with E-state index in [-0.39, 0.29) is 74.2 Å². The molecule has 25 nitrogen and oxygen atoms in total. The van der Waals surface area contributed by atoms with Gasteiger partial charge in [-0.25, -0.2) is 27.3 Å². The summed E-state index contributed by atoms with van der Waals surface area (Å²) in [5.41, 5.74) is 25.4. The van der Waals surface area contributed by atoms with Gasteiger partial charge in [-0.15, -0.1) is 0 Å². The average molecular weight is 1770 g/mol. The van der Waals surface area contributed by atoms with Gasteiger partial charge in [0.25, 0.3) is 5.91 Å². The second-order valence-electron chi connectivity index (χ2n) is 34.5. The Hall–Kier alpha value is -9.98. The number of anilines is 1. The molecule has 28 heteroatoms. The third-order valence-electron chi connectivity index (χ3n) is 22.1. The number of amides is 1. The van der Waals surface area contributed by atoms with Crippen molar-refractivity contribution in [2.45, 2.75) is 279 Å². The minimum atomic E-state index is -3.89. The van der Waals surface area contributed by atoms with Crippen molar-refractivity contribution < 1.29 is 59.3 Å². The first-order chi connectivity index (χ1) is 59.2. The van der Waals surface area contributed by atoms with Crippen LogP contribution in [0.1, 0.15) is 280 Å². The molecule has 1 saturated carbocycles. The molecule has 1 fully saturated rings. The van der Waals surface area contributed by atoms with Gasteiger partial charge in [0.15, 0.2) is 50.5 Å². The average Bonchev–Trinajstić information content (AvgIpc) is 1.56. The number of aliphatic carboxylic acids is 1. The SMILES string of the molecule is CCCCCCCCCCCCCCCNC(=O)c1ccc2c(C)cccc2c1O.NC(N)=NCCN=C(N)N.O=C(O)CS(=O)(=O)c1ccc(OS(=O)c2ccccc2)cc1.[C-]#[N+]c1cn2[nH]c(-c3ccc(C)c(NS(=O)Oc4cc(CCCCCCCC)ccc4OCCCCCCCC)c3)nc2c1C(=O)OC1C(C(C)(C)C)CC(C)CC1C(C)(C)C. The van der Waals surface area contributed by atoms with Gasteiger partial charge in [0.2, 0.25) is 16.8 Å². The quantitative estimate of drug-likeness (QED) is 0.00562. The van der Waals surface area contributed by atoms with E-state index >= 15 is 0 Å². The molecule has 1 aliphatic rings. The number of ether oxygens (including phenoxy) is 2. The Morgan fingerprint density at radius 1 is 0.645 bits per heavy atom. The highest BCUT2D eigenvalue weighted by Crippen LogP contribution is 2.50. The number of aryl methyl sites for hydroxylation is 3. The molecule has 4 unspecified atom stereocenters. The summed E-state index contributed by atoms with van der Waals surface area (Å²) in [4.78, 5) is 53.5. The van der Waals surface area contributed by atoms with Crippen molar-refractivity contribution >= 4 is 89.7 Å². The lowest BCUT2D eigenvalue weighted by molar-refractivity contribution is -0.134. The second-order valence-corrected chi connectivity index (χ2v) is 38.5. The molecule has 8 aromatic rings. The summed E-state index contributed by atoms with van der Waals surface area (Å²) in [7, 11) is -3.89. The number of hydrogen-bond donors (Lipinski definition) is 9. The molecule has 9 rings (SSSR count). The lowest BCUT2D eigenvalue weighted by atomic mass is 9.59. The smallest absolute Gasteiger partial charge is 0.331 e. The number of unbranched alkanes of at least 4 members (excludes halogenated alkanes) is 22. The number of carboxylic acids is 1. The number of carbonyl (C=O) groups excluding carboxylic acids is 2. The van der Waals surface area contributed by atoms with Crippen LogP contribution in [0.15, 0.2) is 147 Å². The maximum atomic E-state index is 14.3. The number of esters is 1. The van der Waals surface area contributed by atoms with Gasteiger partial charge >= 0.3 is 23.2 Å². The summed E-state index contributed by atoms with van der Waals surface area (Å²) in [6.07, 6.45) is 35.6. The summed E-state index contributed by atoms with van der Waals surface area (Å²) < 4.78 is 77.9. The lowest BCUT2D eigenvalue weighted by Gasteiger charge is -2.50. The predicted molar refractivity (Wildman–Crippen MR) is 504 cm³/mol. The van der Waals surface area contributed by atoms with Crippen molar-refractivity contribution in [2.75, 3.05) is 36.7 Å². The van der Waals surface area contributed by atoms with E-state index in [0.29, 0.717) is 76.8 Å². The number of carboxylic acid groups (broad SMARTS) is 1. The van der Waals surface area contributed by atoms with E-state index in [0.717, 1.165) is 78.8 Å². The number of aromatic nitrogens is 3. The molecule has 6 aromatic carbocycles. The number of fused-ring (bicyclic) bond motifs is 2. The van der Waals surface area contributed by atoms with E-state index in [1.54, 1.807) is 47.1 Å². The van der Waals surface area contributed by atoms with E-state index in [4.69, 9.17) is 57.4 Å². The zero-order valence-electron chi connectivity index (χ0n) is 75.4. The maximum Gasteiger partial charge on any atom is 0.331 e. The Balaban J connectivity index is 0.000000313. The number of phenols is 1. The molecule has 2 heterocycles. The number of phenolic OH excluding ortho intramolecular Hbond substituents is 1. The fraction of sp³-hybridized carbons (Fsp3) is 0.531. The van der Waals surface area contributed by atoms with E-state index in [9.17, 15) is 36.3 Å². The van der Waals surface area contributed by atoms with Crippen molar-refractivity contribution in [3.8, 4) is 34.4 Å². The van der Waals surface area contributed by atoms with Crippen LogP contribution in [0.25, 0.3) is 32.7 Å². The number of nitrogens with zero attached hydrogens (tertiary/aromatic N) is 5. The van der Waals surface area contributed by atoms with Crippen LogP contribution in [0.3, 0.4) is 0 Å². The standard InChI is InChI=1S/C51H75N5O5S.C27H41NO2.C14H12O6S2.C4H12N6/c1-12-14-16-18-20-22-24-37-26-28-43(59-29-23-21-19-17-15-13-2)44(32-37)61-62(58)55-41-33-38(27-25-36(41)4)47-53-48-45(42(52-11)34-56(48)54-47)49(57)60-46-39(50(5,6)7)30-35(3)31-40(46)51(8,9)10;1-3-4-5-6-7-8-9-10-11-12-13-14-15-21-28-27(30)25-20-19-23-22(2)17-16-18-24(23)26(25)29;15-14(16)10-22(18,19)13-8-6-11(7-9-13)20-21(17)12-4-2-1-3-5-12;5-3(6)9-1-2-10-4(7)8/h25-28,32-35,39-40,46,55H,12-24,29-31H2,1-10H3,(H,53,54);16-20,29H,3-15,21H2,1-2H3,(H,28,30);1-9H,10H2,(H,15,16);1-2H2,(H4,5,6,9)(H4,7,8,10). The van der Waals surface area contributed by atoms with Crippen molar-refractivity contribution in [3.63, 3.8) is 0 Å². The minimum Gasteiger partial charge on any atom is -0.506 e. The minimum absolute atomic E-state index is 0.0470. The fourth-order valence-electron chi connectivity index (χ4n) is 15.1. The lowest BCUT2D eigenvalue weighted by Crippen LogP contribution is -2.49. The number of guanidine groups is 2. The monoisotopic (exact) mass is 1760 g/mol. The number of sulfone groups is 1. The summed E-state index contributed by atoms with van der Waals surface area (Å²) in [5.74, 6) is -0.348. The van der Waals surface area contributed by atoms with Crippen LogP contribution in [0.5, 0.6) is 23.0 Å². The van der Waals surface area contributed by atoms with Gasteiger partial charge in [-0.05, 0) is 152 Å². The molecule has 0 saturated heterocycles. The first-order valence-corrected chi connectivity index (χ1v) is 48.2. The number of hydrogen-bond acceptors (Lipinski definition) is 15. The number of carbonyl (C=O) groups is 3. The molecule has 0 radical (unpaired) electrons. The van der Waals surface area contributed by atoms with Gasteiger partial charge in [0.1, 0.15) is 23.2 Å². The van der Waals surface area contributed by atoms with Crippen LogP contribution in [-0.2, 0) is 48.1 Å². The van der Waals surface area contributed by atoms with E-state index < -0.39 is 49.9 Å². The number of H-pyrrole nitrogens is 1. The van der Waals surface area contributed by atoms with Crippen molar-refractivity contribution in [1.82, 2.24) is 19.9 Å². The third-order valence-corrected chi connectivity index (χ3v) is 25.4. The second kappa shape index (κ2) is 53.4. The molecule has 0 bridgehead atoms. The molecule has 0 aliphatic heterocycles. The summed E-state index contributed by atoms with van der Waals surface area (Å²) in [6, 6.07) is 34.7. The summed E-state index contributed by atoms with van der Waals surface area (Å²) in [5, 5.41) is 27.0. The number of aromatic hydroxyl groups is 1. The van der Waals surface area contributed by atoms with E-state index in [2.05, 4.69) is 105 Å². The highest BCUT2D eigenvalue weighted by atomic mass is 32.2. The van der Waals surface area contributed by atoms with Crippen molar-refractivity contribution in [3.05, 3.63) is 167 Å². The largest absolute Gasteiger partial charge is 0.506 e. The highest BCUT2D eigenvalue weighted by Gasteiger charge is 2.48. The number of rotatable bonds is 46. The molecule has 4 atom stereocenters. The molecular formula is C96H140N12O13S3. The Morgan fingerprint density at radius 2 is 1.20 bits per heavy atom. The van der Waals surface area contributed by atoms with Crippen LogP contribution in [0.2, 0.25) is 0 Å². The maximum absolute atomic E-state index is 14.3. The Labute approximate surface area is 742 Å². The van der Waals surface area contributed by atoms with Gasteiger partial charge in [-0.3, -0.25) is 33.9 Å². The van der Waals surface area contributed by atoms with Crippen molar-refractivity contribution in [2.24, 2.45) is 61.5 Å². The Morgan fingerprint density at radius 3 is 1.75 bits per heavy atom. The van der Waals surface area contributed by atoms with Crippen molar-refractivity contribution in [1.29, 1.82) is 0 Å². The third kappa shape index (κ3) is 35.2. The molecule has 0 spiro atoms. The van der Waals surface area contributed by atoms with Gasteiger partial charge < -0.3 is 56.3 Å². The fourth-order valence-corrected chi connectivity index (χ4v) is 17.7. The zero-order valence-corrected chi connectivity index (χ0v) is 77.9.